The van der Waals surface area contributed by atoms with Gasteiger partial charge in [-0.1, -0.05) is 17.7 Å². The number of aryl methyl sites for hydroxylation is 1. The monoisotopic (exact) mass is 319 g/mol. The molecule has 0 bridgehead atoms. The number of hydrogen-bond acceptors (Lipinski definition) is 4. The minimum atomic E-state index is -0.0977. The predicted molar refractivity (Wildman–Crippen MR) is 84.5 cm³/mol. The van der Waals surface area contributed by atoms with Crippen molar-refractivity contribution >= 4 is 17.5 Å². The fourth-order valence-electron chi connectivity index (χ4n) is 2.60. The Balaban J connectivity index is 1.87. The molecule has 3 rings (SSSR count). The summed E-state index contributed by atoms with van der Waals surface area (Å²) in [5, 5.41) is 12.6. The van der Waals surface area contributed by atoms with Crippen molar-refractivity contribution in [1.82, 2.24) is 25.2 Å². The van der Waals surface area contributed by atoms with Gasteiger partial charge in [0.05, 0.1) is 11.4 Å². The van der Waals surface area contributed by atoms with Crippen LogP contribution in [0.5, 0.6) is 0 Å². The van der Waals surface area contributed by atoms with Gasteiger partial charge in [-0.25, -0.2) is 0 Å². The Morgan fingerprint density at radius 3 is 2.95 bits per heavy atom. The molecule has 1 unspecified atom stereocenters. The average molecular weight is 320 g/mol. The van der Waals surface area contributed by atoms with E-state index in [0.717, 1.165) is 25.2 Å². The number of carbonyl (C=O) groups is 1. The van der Waals surface area contributed by atoms with E-state index in [1.54, 1.807) is 24.0 Å². The molecule has 1 aliphatic rings. The highest BCUT2D eigenvalue weighted by Crippen LogP contribution is 2.16. The molecule has 1 aromatic heterocycles. The Morgan fingerprint density at radius 2 is 2.27 bits per heavy atom. The van der Waals surface area contributed by atoms with Crippen LogP contribution in [-0.4, -0.2) is 52.0 Å². The van der Waals surface area contributed by atoms with Gasteiger partial charge in [0.1, 0.15) is 0 Å². The summed E-state index contributed by atoms with van der Waals surface area (Å²) in [6.45, 7) is 3.56. The molecule has 0 spiro atoms. The molecule has 6 nitrogen and oxygen atoms in total. The van der Waals surface area contributed by atoms with Crippen LogP contribution in [0.4, 0.5) is 0 Å². The van der Waals surface area contributed by atoms with Crippen molar-refractivity contribution in [2.45, 2.75) is 19.4 Å². The number of hydrogen-bond donors (Lipinski definition) is 1. The largest absolute Gasteiger partial charge is 0.336 e. The summed E-state index contributed by atoms with van der Waals surface area (Å²) in [6, 6.07) is 7.44. The van der Waals surface area contributed by atoms with Crippen molar-refractivity contribution < 1.29 is 4.79 Å². The van der Waals surface area contributed by atoms with E-state index < -0.39 is 0 Å². The highest BCUT2D eigenvalue weighted by molar-refractivity contribution is 6.30. The lowest BCUT2D eigenvalue weighted by Crippen LogP contribution is -2.38. The SMILES string of the molecule is Cc1nn(-c2cccc(Cl)c2)nc1C(=O)N(C)C1CCNC1. The summed E-state index contributed by atoms with van der Waals surface area (Å²) >= 11 is 5.99. The van der Waals surface area contributed by atoms with E-state index in [1.807, 2.05) is 19.2 Å². The van der Waals surface area contributed by atoms with Crippen molar-refractivity contribution in [2.24, 2.45) is 0 Å². The van der Waals surface area contributed by atoms with Crippen LogP contribution in [-0.2, 0) is 0 Å². The first-order valence-corrected chi connectivity index (χ1v) is 7.62. The third-order valence-corrected chi connectivity index (χ3v) is 4.16. The molecule has 116 valence electrons. The zero-order valence-electron chi connectivity index (χ0n) is 12.6. The molecule has 7 heteroatoms. The molecule has 1 aromatic carbocycles. The topological polar surface area (TPSA) is 63.1 Å². The number of rotatable bonds is 3. The van der Waals surface area contributed by atoms with Crippen molar-refractivity contribution in [3.63, 3.8) is 0 Å². The minimum Gasteiger partial charge on any atom is -0.336 e. The van der Waals surface area contributed by atoms with Gasteiger partial charge in [0.2, 0.25) is 0 Å². The second-order valence-electron chi connectivity index (χ2n) is 5.47. The van der Waals surface area contributed by atoms with Gasteiger partial charge in [0.15, 0.2) is 5.69 Å². The number of benzene rings is 1. The maximum atomic E-state index is 12.6. The first kappa shape index (κ1) is 15.0. The first-order valence-electron chi connectivity index (χ1n) is 7.24. The van der Waals surface area contributed by atoms with Crippen molar-refractivity contribution in [1.29, 1.82) is 0 Å². The number of nitrogens with one attached hydrogen (secondary N) is 1. The molecule has 1 saturated heterocycles. The van der Waals surface area contributed by atoms with Crippen LogP contribution in [0.2, 0.25) is 5.02 Å². The van der Waals surface area contributed by atoms with Gasteiger partial charge in [0.25, 0.3) is 5.91 Å². The van der Waals surface area contributed by atoms with Crippen LogP contribution in [0.1, 0.15) is 22.6 Å². The normalized spacial score (nSPS) is 17.7. The molecule has 1 N–H and O–H groups in total. The first-order chi connectivity index (χ1) is 10.6. The van der Waals surface area contributed by atoms with Crippen LogP contribution >= 0.6 is 11.6 Å². The van der Waals surface area contributed by atoms with Crippen LogP contribution in [0, 0.1) is 6.92 Å². The Kier molecular flexibility index (Phi) is 4.13. The second kappa shape index (κ2) is 6.06. The predicted octanol–water partition coefficient (Wildman–Crippen LogP) is 1.66. The van der Waals surface area contributed by atoms with E-state index in [2.05, 4.69) is 15.5 Å². The lowest BCUT2D eigenvalue weighted by molar-refractivity contribution is 0.0736. The number of carbonyl (C=O) groups excluding carboxylic acids is 1. The van der Waals surface area contributed by atoms with Gasteiger partial charge < -0.3 is 10.2 Å². The molecule has 1 aliphatic heterocycles. The third kappa shape index (κ3) is 2.84. The lowest BCUT2D eigenvalue weighted by atomic mass is 10.2. The van der Waals surface area contributed by atoms with Gasteiger partial charge >= 0.3 is 0 Å². The van der Waals surface area contributed by atoms with E-state index in [1.165, 1.54) is 4.80 Å². The van der Waals surface area contributed by atoms with E-state index in [-0.39, 0.29) is 11.9 Å². The van der Waals surface area contributed by atoms with E-state index >= 15 is 0 Å². The molecule has 1 fully saturated rings. The van der Waals surface area contributed by atoms with Crippen molar-refractivity contribution in [2.75, 3.05) is 20.1 Å². The molecule has 2 aromatic rings. The maximum Gasteiger partial charge on any atom is 0.276 e. The molecule has 0 radical (unpaired) electrons. The van der Waals surface area contributed by atoms with E-state index in [9.17, 15) is 4.79 Å². The number of aromatic nitrogens is 3. The molecule has 1 amide bonds. The Hall–Kier alpha value is -1.92. The van der Waals surface area contributed by atoms with Gasteiger partial charge in [-0.2, -0.15) is 9.90 Å². The van der Waals surface area contributed by atoms with Crippen LogP contribution < -0.4 is 5.32 Å². The Labute approximate surface area is 134 Å². The summed E-state index contributed by atoms with van der Waals surface area (Å²) in [5.41, 5.74) is 1.73. The third-order valence-electron chi connectivity index (χ3n) is 3.93. The minimum absolute atomic E-state index is 0.0977. The highest BCUT2D eigenvalue weighted by Gasteiger charge is 2.27. The second-order valence-corrected chi connectivity index (χ2v) is 5.90. The maximum absolute atomic E-state index is 12.6. The number of halogens is 1. The van der Waals surface area contributed by atoms with Crippen molar-refractivity contribution in [3.8, 4) is 5.69 Å². The van der Waals surface area contributed by atoms with Crippen LogP contribution in [0.15, 0.2) is 24.3 Å². The average Bonchev–Trinajstić information content (AvgIpc) is 3.15. The zero-order valence-corrected chi connectivity index (χ0v) is 13.3. The lowest BCUT2D eigenvalue weighted by Gasteiger charge is -2.22. The fraction of sp³-hybridized carbons (Fsp3) is 0.400. The number of likely N-dealkylation sites (N-methyl/N-ethyl adjacent to an activating group) is 1. The standard InChI is InChI=1S/C15H18ClN5O/c1-10-14(15(22)20(2)13-6-7-17-9-13)19-21(18-10)12-5-3-4-11(16)8-12/h3-5,8,13,17H,6-7,9H2,1-2H3. The number of amides is 1. The zero-order chi connectivity index (χ0) is 15.7. The summed E-state index contributed by atoms with van der Waals surface area (Å²) in [6.07, 6.45) is 0.962. The number of nitrogens with zero attached hydrogens (tertiary/aromatic N) is 4. The summed E-state index contributed by atoms with van der Waals surface area (Å²) in [7, 11) is 1.82. The van der Waals surface area contributed by atoms with Gasteiger partial charge in [-0.15, -0.1) is 5.10 Å². The molecular formula is C15H18ClN5O. The van der Waals surface area contributed by atoms with E-state index in [0.29, 0.717) is 16.4 Å². The quantitative estimate of drug-likeness (QED) is 0.934. The summed E-state index contributed by atoms with van der Waals surface area (Å²) in [5.74, 6) is -0.0977. The van der Waals surface area contributed by atoms with Gasteiger partial charge in [-0.05, 0) is 38.1 Å². The van der Waals surface area contributed by atoms with Crippen LogP contribution in [0.3, 0.4) is 0 Å². The van der Waals surface area contributed by atoms with Crippen molar-refractivity contribution in [3.05, 3.63) is 40.7 Å². The van der Waals surface area contributed by atoms with Crippen LogP contribution in [0.25, 0.3) is 5.69 Å². The fourth-order valence-corrected chi connectivity index (χ4v) is 2.78. The summed E-state index contributed by atoms with van der Waals surface area (Å²) in [4.78, 5) is 15.8. The molecule has 1 atom stereocenters. The Bertz CT molecular complexity index is 693. The molecular weight excluding hydrogens is 302 g/mol. The molecule has 0 aliphatic carbocycles. The smallest absolute Gasteiger partial charge is 0.276 e. The molecule has 2 heterocycles. The highest BCUT2D eigenvalue weighted by atomic mass is 35.5. The molecule has 22 heavy (non-hydrogen) atoms. The van der Waals surface area contributed by atoms with Gasteiger partial charge in [-0.3, -0.25) is 4.79 Å². The van der Waals surface area contributed by atoms with Gasteiger partial charge in [0, 0.05) is 24.7 Å². The summed E-state index contributed by atoms with van der Waals surface area (Å²) < 4.78 is 0. The molecule has 0 saturated carbocycles. The Morgan fingerprint density at radius 1 is 1.45 bits per heavy atom. The van der Waals surface area contributed by atoms with E-state index in [4.69, 9.17) is 11.6 Å².